The highest BCUT2D eigenvalue weighted by atomic mass is 32.1. The van der Waals surface area contributed by atoms with Crippen LogP contribution in [-0.4, -0.2) is 28.1 Å². The summed E-state index contributed by atoms with van der Waals surface area (Å²) in [4.78, 5) is 28.1. The molecule has 0 aliphatic rings. The van der Waals surface area contributed by atoms with Crippen LogP contribution in [0.4, 0.5) is 5.69 Å². The molecule has 0 saturated carbocycles. The third-order valence-corrected chi connectivity index (χ3v) is 4.48. The zero-order chi connectivity index (χ0) is 18.8. The van der Waals surface area contributed by atoms with Gasteiger partial charge in [-0.15, -0.1) is 11.3 Å². The number of carboxylic acid groups (broad SMARTS) is 1. The molecular formula is C18H22N2O4S. The first-order chi connectivity index (χ1) is 11.6. The topological polar surface area (TPSA) is 88.5 Å². The highest BCUT2D eigenvalue weighted by Crippen LogP contribution is 2.29. The third kappa shape index (κ3) is 4.79. The van der Waals surface area contributed by atoms with Gasteiger partial charge in [0.2, 0.25) is 0 Å². The minimum absolute atomic E-state index is 0.0695. The van der Waals surface area contributed by atoms with Crippen LogP contribution in [0.5, 0.6) is 5.75 Å². The molecular weight excluding hydrogens is 340 g/mol. The lowest BCUT2D eigenvalue weighted by Gasteiger charge is -2.15. The zero-order valence-corrected chi connectivity index (χ0v) is 15.7. The maximum atomic E-state index is 12.5. The van der Waals surface area contributed by atoms with E-state index in [-0.39, 0.29) is 17.1 Å². The molecule has 1 aromatic heterocycles. The van der Waals surface area contributed by atoms with Crippen molar-refractivity contribution < 1.29 is 19.4 Å². The molecule has 2 aromatic rings. The molecule has 0 fully saturated rings. The summed E-state index contributed by atoms with van der Waals surface area (Å²) in [5.74, 6) is -1.06. The van der Waals surface area contributed by atoms with Crippen LogP contribution in [0.3, 0.4) is 0 Å². The Morgan fingerprint density at radius 3 is 2.48 bits per heavy atom. The van der Waals surface area contributed by atoms with Crippen LogP contribution in [0.1, 0.15) is 60.5 Å². The number of carbonyl (C=O) groups excluding carboxylic acids is 1. The van der Waals surface area contributed by atoms with Crippen molar-refractivity contribution in [1.29, 1.82) is 0 Å². The molecule has 0 atom stereocenters. The Morgan fingerprint density at radius 1 is 1.28 bits per heavy atom. The molecule has 1 heterocycles. The monoisotopic (exact) mass is 362 g/mol. The van der Waals surface area contributed by atoms with E-state index < -0.39 is 11.9 Å². The fraction of sp³-hybridized carbons (Fsp3) is 0.389. The predicted octanol–water partition coefficient (Wildman–Crippen LogP) is 4.18. The second kappa shape index (κ2) is 7.23. The lowest BCUT2D eigenvalue weighted by Crippen LogP contribution is -2.17. The normalized spacial score (nSPS) is 11.4. The Labute approximate surface area is 150 Å². The number of carboxylic acids is 1. The second-order valence-corrected chi connectivity index (χ2v) is 7.78. The number of amides is 1. The van der Waals surface area contributed by atoms with Gasteiger partial charge in [0.1, 0.15) is 11.4 Å². The fourth-order valence-corrected chi connectivity index (χ4v) is 2.91. The quantitative estimate of drug-likeness (QED) is 0.833. The average Bonchev–Trinajstić information content (AvgIpc) is 2.98. The van der Waals surface area contributed by atoms with Gasteiger partial charge in [-0.2, -0.15) is 0 Å². The van der Waals surface area contributed by atoms with E-state index in [1.807, 2.05) is 34.6 Å². The van der Waals surface area contributed by atoms with Gasteiger partial charge in [0.15, 0.2) is 0 Å². The van der Waals surface area contributed by atoms with Crippen molar-refractivity contribution in [2.75, 3.05) is 5.32 Å². The molecule has 0 radical (unpaired) electrons. The van der Waals surface area contributed by atoms with E-state index in [0.717, 1.165) is 5.01 Å². The second-order valence-electron chi connectivity index (χ2n) is 6.92. The predicted molar refractivity (Wildman–Crippen MR) is 97.9 cm³/mol. The van der Waals surface area contributed by atoms with Crippen molar-refractivity contribution >= 4 is 28.9 Å². The van der Waals surface area contributed by atoms with Gasteiger partial charge < -0.3 is 15.2 Å². The van der Waals surface area contributed by atoms with E-state index in [1.54, 1.807) is 11.4 Å². The number of rotatable bonds is 5. The summed E-state index contributed by atoms with van der Waals surface area (Å²) in [6, 6.07) is 4.37. The molecule has 0 bridgehead atoms. The lowest BCUT2D eigenvalue weighted by atomic mass is 9.98. The Morgan fingerprint density at radius 2 is 1.96 bits per heavy atom. The van der Waals surface area contributed by atoms with Gasteiger partial charge in [-0.05, 0) is 32.0 Å². The van der Waals surface area contributed by atoms with Crippen molar-refractivity contribution in [1.82, 2.24) is 4.98 Å². The number of thiazole rings is 1. The number of hydrogen-bond acceptors (Lipinski definition) is 5. The molecule has 0 spiro atoms. The first-order valence-corrected chi connectivity index (χ1v) is 8.77. The summed E-state index contributed by atoms with van der Waals surface area (Å²) in [6.45, 7) is 9.79. The summed E-state index contributed by atoms with van der Waals surface area (Å²) in [5.41, 5.74) is 0.535. The van der Waals surface area contributed by atoms with Gasteiger partial charge in [0.25, 0.3) is 5.91 Å². The van der Waals surface area contributed by atoms with E-state index in [0.29, 0.717) is 17.1 Å². The van der Waals surface area contributed by atoms with Crippen LogP contribution in [0.15, 0.2) is 23.6 Å². The smallest absolute Gasteiger partial charge is 0.335 e. The van der Waals surface area contributed by atoms with Crippen molar-refractivity contribution in [3.63, 3.8) is 0 Å². The first kappa shape index (κ1) is 18.9. The minimum atomic E-state index is -1.07. The molecule has 0 aliphatic heterocycles. The Kier molecular flexibility index (Phi) is 5.47. The summed E-state index contributed by atoms with van der Waals surface area (Å²) in [6.07, 6.45) is -0.113. The molecule has 0 aliphatic carbocycles. The number of aromatic carboxylic acids is 1. The maximum Gasteiger partial charge on any atom is 0.335 e. The summed E-state index contributed by atoms with van der Waals surface area (Å²) >= 11 is 1.42. The van der Waals surface area contributed by atoms with E-state index >= 15 is 0 Å². The van der Waals surface area contributed by atoms with E-state index in [9.17, 15) is 9.59 Å². The molecule has 7 heteroatoms. The molecule has 0 saturated heterocycles. The number of nitrogens with one attached hydrogen (secondary N) is 1. The molecule has 6 nitrogen and oxygen atoms in total. The first-order valence-electron chi connectivity index (χ1n) is 7.89. The lowest BCUT2D eigenvalue weighted by molar-refractivity contribution is 0.0696. The largest absolute Gasteiger partial charge is 0.489 e. The van der Waals surface area contributed by atoms with E-state index in [2.05, 4.69) is 10.3 Å². The standard InChI is InChI=1S/C18H22N2O4S/c1-10(2)24-14-7-6-11(16(22)23)8-12(14)19-15(21)13-9-25-17(20-13)18(3,4)5/h6-10H,1-5H3,(H,19,21)(H,22,23). The van der Waals surface area contributed by atoms with Crippen LogP contribution in [0.2, 0.25) is 0 Å². The summed E-state index contributed by atoms with van der Waals surface area (Å²) in [5, 5.41) is 14.4. The van der Waals surface area contributed by atoms with Gasteiger partial charge >= 0.3 is 5.97 Å². The molecule has 1 aromatic carbocycles. The third-order valence-electron chi connectivity index (χ3n) is 3.22. The molecule has 25 heavy (non-hydrogen) atoms. The van der Waals surface area contributed by atoms with Gasteiger partial charge in [-0.1, -0.05) is 20.8 Å². The van der Waals surface area contributed by atoms with Gasteiger partial charge in [-0.3, -0.25) is 4.79 Å². The highest BCUT2D eigenvalue weighted by Gasteiger charge is 2.21. The van der Waals surface area contributed by atoms with Crippen molar-refractivity contribution in [2.24, 2.45) is 0 Å². The summed E-state index contributed by atoms with van der Waals surface area (Å²) < 4.78 is 5.65. The molecule has 2 rings (SSSR count). The molecule has 0 unspecified atom stereocenters. The fourth-order valence-electron chi connectivity index (χ4n) is 2.03. The SMILES string of the molecule is CC(C)Oc1ccc(C(=O)O)cc1NC(=O)c1csc(C(C)(C)C)n1. The maximum absolute atomic E-state index is 12.5. The highest BCUT2D eigenvalue weighted by molar-refractivity contribution is 7.10. The van der Waals surface area contributed by atoms with E-state index in [4.69, 9.17) is 9.84 Å². The van der Waals surface area contributed by atoms with Gasteiger partial charge in [-0.25, -0.2) is 9.78 Å². The zero-order valence-electron chi connectivity index (χ0n) is 14.9. The molecule has 1 amide bonds. The Hall–Kier alpha value is -2.41. The van der Waals surface area contributed by atoms with Crippen LogP contribution in [0, 0.1) is 0 Å². The average molecular weight is 362 g/mol. The molecule has 134 valence electrons. The van der Waals surface area contributed by atoms with Gasteiger partial charge in [0.05, 0.1) is 22.4 Å². The Balaban J connectivity index is 2.30. The Bertz CT molecular complexity index is 791. The number of ether oxygens (including phenoxy) is 1. The van der Waals surface area contributed by atoms with Crippen LogP contribution >= 0.6 is 11.3 Å². The van der Waals surface area contributed by atoms with Crippen LogP contribution < -0.4 is 10.1 Å². The van der Waals surface area contributed by atoms with Crippen LogP contribution in [-0.2, 0) is 5.41 Å². The number of aromatic nitrogens is 1. The van der Waals surface area contributed by atoms with Gasteiger partial charge in [0, 0.05) is 10.8 Å². The van der Waals surface area contributed by atoms with Crippen molar-refractivity contribution in [3.05, 3.63) is 39.8 Å². The molecule has 2 N–H and O–H groups in total. The summed E-state index contributed by atoms with van der Waals surface area (Å²) in [7, 11) is 0. The van der Waals surface area contributed by atoms with Crippen LogP contribution in [0.25, 0.3) is 0 Å². The number of hydrogen-bond donors (Lipinski definition) is 2. The number of benzene rings is 1. The van der Waals surface area contributed by atoms with Crippen molar-refractivity contribution in [2.45, 2.75) is 46.1 Å². The van der Waals surface area contributed by atoms with Crippen molar-refractivity contribution in [3.8, 4) is 5.75 Å². The minimum Gasteiger partial charge on any atom is -0.489 e. The number of nitrogens with zero attached hydrogens (tertiary/aromatic N) is 1. The number of anilines is 1. The van der Waals surface area contributed by atoms with E-state index in [1.165, 1.54) is 23.5 Å². The number of carbonyl (C=O) groups is 2.